The van der Waals surface area contributed by atoms with E-state index in [4.69, 9.17) is 9.26 Å². The molecule has 7 heteroatoms. The Morgan fingerprint density at radius 3 is 2.86 bits per heavy atom. The summed E-state index contributed by atoms with van der Waals surface area (Å²) in [6, 6.07) is 0. The molecule has 1 fully saturated rings. The van der Waals surface area contributed by atoms with Crippen LogP contribution in [0.15, 0.2) is 16.9 Å². The lowest BCUT2D eigenvalue weighted by molar-refractivity contribution is 0.231. The lowest BCUT2D eigenvalue weighted by atomic mass is 9.98. The second-order valence-electron chi connectivity index (χ2n) is 5.82. The minimum atomic E-state index is 0.0645. The Hall–Kier alpha value is -2.18. The van der Waals surface area contributed by atoms with Crippen molar-refractivity contribution in [3.8, 4) is 5.88 Å². The van der Waals surface area contributed by atoms with Crippen molar-refractivity contribution in [2.75, 3.05) is 18.0 Å². The molecule has 0 aromatic carbocycles. The first kappa shape index (κ1) is 14.7. The van der Waals surface area contributed by atoms with Crippen molar-refractivity contribution >= 4 is 5.82 Å². The summed E-state index contributed by atoms with van der Waals surface area (Å²) in [4.78, 5) is 15.3. The van der Waals surface area contributed by atoms with Crippen LogP contribution in [0.3, 0.4) is 0 Å². The minimum absolute atomic E-state index is 0.0645. The first-order valence-corrected chi connectivity index (χ1v) is 7.66. The fraction of sp³-hybridized carbons (Fsp3) is 0.600. The van der Waals surface area contributed by atoms with Crippen LogP contribution in [0.1, 0.15) is 44.3 Å². The van der Waals surface area contributed by atoms with Crippen molar-refractivity contribution in [1.82, 2.24) is 20.1 Å². The van der Waals surface area contributed by atoms with E-state index in [9.17, 15) is 0 Å². The van der Waals surface area contributed by atoms with Crippen LogP contribution in [0.5, 0.6) is 5.88 Å². The molecule has 0 spiro atoms. The van der Waals surface area contributed by atoms with Crippen molar-refractivity contribution in [1.29, 1.82) is 0 Å². The first-order chi connectivity index (χ1) is 10.6. The van der Waals surface area contributed by atoms with E-state index in [0.717, 1.165) is 31.7 Å². The second-order valence-corrected chi connectivity index (χ2v) is 5.82. The molecule has 2 aromatic rings. The standard InChI is InChI=1S/C15H21N5O2/c1-10(2)21-15-13(16-6-7-17-15)20-8-4-5-12(9-20)14-18-11(3)19-22-14/h6-7,10,12H,4-5,8-9H2,1-3H3. The lowest BCUT2D eigenvalue weighted by Crippen LogP contribution is -2.35. The summed E-state index contributed by atoms with van der Waals surface area (Å²) in [5.41, 5.74) is 0. The molecule has 1 atom stereocenters. The number of hydrogen-bond acceptors (Lipinski definition) is 7. The fourth-order valence-electron chi connectivity index (χ4n) is 2.69. The Morgan fingerprint density at radius 2 is 2.14 bits per heavy atom. The normalized spacial score (nSPS) is 18.7. The van der Waals surface area contributed by atoms with Gasteiger partial charge in [-0.1, -0.05) is 5.16 Å². The van der Waals surface area contributed by atoms with Gasteiger partial charge in [0, 0.05) is 25.5 Å². The molecule has 0 aliphatic carbocycles. The molecular formula is C15H21N5O2. The predicted molar refractivity (Wildman–Crippen MR) is 81.0 cm³/mol. The molecule has 1 saturated heterocycles. The summed E-state index contributed by atoms with van der Waals surface area (Å²) in [6.45, 7) is 7.52. The van der Waals surface area contributed by atoms with E-state index in [1.807, 2.05) is 20.8 Å². The molecule has 0 saturated carbocycles. The van der Waals surface area contributed by atoms with Gasteiger partial charge in [0.05, 0.1) is 12.0 Å². The van der Waals surface area contributed by atoms with Gasteiger partial charge in [0.15, 0.2) is 11.6 Å². The quantitative estimate of drug-likeness (QED) is 0.857. The summed E-state index contributed by atoms with van der Waals surface area (Å²) < 4.78 is 11.1. The third kappa shape index (κ3) is 3.18. The Labute approximate surface area is 129 Å². The molecule has 0 bridgehead atoms. The first-order valence-electron chi connectivity index (χ1n) is 7.66. The lowest BCUT2D eigenvalue weighted by Gasteiger charge is -2.32. The maximum atomic E-state index is 5.78. The minimum Gasteiger partial charge on any atom is -0.472 e. The van der Waals surface area contributed by atoms with Crippen LogP contribution in [-0.2, 0) is 0 Å². The van der Waals surface area contributed by atoms with Gasteiger partial charge >= 0.3 is 0 Å². The van der Waals surface area contributed by atoms with Gasteiger partial charge < -0.3 is 14.2 Å². The van der Waals surface area contributed by atoms with Gasteiger partial charge in [-0.25, -0.2) is 9.97 Å². The van der Waals surface area contributed by atoms with Gasteiger partial charge in [-0.05, 0) is 33.6 Å². The number of rotatable bonds is 4. The molecule has 3 heterocycles. The summed E-state index contributed by atoms with van der Waals surface area (Å²) in [5, 5.41) is 3.89. The molecule has 1 unspecified atom stereocenters. The molecule has 3 rings (SSSR count). The Morgan fingerprint density at radius 1 is 1.32 bits per heavy atom. The highest BCUT2D eigenvalue weighted by Gasteiger charge is 2.28. The average Bonchev–Trinajstić information content (AvgIpc) is 2.94. The topological polar surface area (TPSA) is 77.2 Å². The molecule has 0 N–H and O–H groups in total. The number of aromatic nitrogens is 4. The van der Waals surface area contributed by atoms with Crippen LogP contribution in [0.4, 0.5) is 5.82 Å². The number of nitrogens with zero attached hydrogens (tertiary/aromatic N) is 5. The monoisotopic (exact) mass is 303 g/mol. The molecule has 0 amide bonds. The van der Waals surface area contributed by atoms with Crippen molar-refractivity contribution in [3.05, 3.63) is 24.1 Å². The van der Waals surface area contributed by atoms with Crippen LogP contribution in [0.2, 0.25) is 0 Å². The van der Waals surface area contributed by atoms with Gasteiger partial charge in [0.2, 0.25) is 5.89 Å². The number of anilines is 1. The van der Waals surface area contributed by atoms with Crippen LogP contribution in [0.25, 0.3) is 0 Å². The van der Waals surface area contributed by atoms with Crippen molar-refractivity contribution in [2.24, 2.45) is 0 Å². The van der Waals surface area contributed by atoms with Crippen LogP contribution in [0, 0.1) is 6.92 Å². The van der Waals surface area contributed by atoms with Crippen molar-refractivity contribution in [3.63, 3.8) is 0 Å². The van der Waals surface area contributed by atoms with Crippen LogP contribution >= 0.6 is 0 Å². The predicted octanol–water partition coefficient (Wildman–Crippen LogP) is 2.34. The largest absolute Gasteiger partial charge is 0.472 e. The van der Waals surface area contributed by atoms with Gasteiger partial charge in [-0.2, -0.15) is 4.98 Å². The van der Waals surface area contributed by atoms with Crippen molar-refractivity contribution < 1.29 is 9.26 Å². The smallest absolute Gasteiger partial charge is 0.257 e. The Balaban J connectivity index is 1.80. The zero-order valence-corrected chi connectivity index (χ0v) is 13.2. The number of piperidine rings is 1. The summed E-state index contributed by atoms with van der Waals surface area (Å²) >= 11 is 0. The van der Waals surface area contributed by atoms with Crippen LogP contribution < -0.4 is 9.64 Å². The number of aryl methyl sites for hydroxylation is 1. The second kappa shape index (κ2) is 6.29. The fourth-order valence-corrected chi connectivity index (χ4v) is 2.69. The van der Waals surface area contributed by atoms with E-state index in [1.165, 1.54) is 0 Å². The third-order valence-electron chi connectivity index (χ3n) is 3.61. The number of hydrogen-bond donors (Lipinski definition) is 0. The highest BCUT2D eigenvalue weighted by molar-refractivity contribution is 5.48. The molecular weight excluding hydrogens is 282 g/mol. The average molecular weight is 303 g/mol. The van der Waals surface area contributed by atoms with Gasteiger partial charge in [0.25, 0.3) is 5.88 Å². The highest BCUT2D eigenvalue weighted by atomic mass is 16.5. The molecule has 22 heavy (non-hydrogen) atoms. The maximum absolute atomic E-state index is 5.78. The molecule has 1 aliphatic rings. The van der Waals surface area contributed by atoms with E-state index in [1.54, 1.807) is 12.4 Å². The molecule has 1 aliphatic heterocycles. The van der Waals surface area contributed by atoms with Crippen molar-refractivity contribution in [2.45, 2.75) is 45.6 Å². The molecule has 118 valence electrons. The summed E-state index contributed by atoms with van der Waals surface area (Å²) in [5.74, 6) is 2.98. The highest BCUT2D eigenvalue weighted by Crippen LogP contribution is 2.31. The van der Waals surface area contributed by atoms with E-state index < -0.39 is 0 Å². The molecule has 2 aromatic heterocycles. The van der Waals surface area contributed by atoms with Crippen LogP contribution in [-0.4, -0.2) is 39.3 Å². The molecule has 7 nitrogen and oxygen atoms in total. The molecule has 0 radical (unpaired) electrons. The van der Waals surface area contributed by atoms with E-state index in [2.05, 4.69) is 25.0 Å². The zero-order chi connectivity index (χ0) is 15.5. The van der Waals surface area contributed by atoms with Gasteiger partial charge in [-0.15, -0.1) is 0 Å². The Kier molecular flexibility index (Phi) is 4.22. The third-order valence-corrected chi connectivity index (χ3v) is 3.61. The maximum Gasteiger partial charge on any atom is 0.257 e. The van der Waals surface area contributed by atoms with E-state index in [0.29, 0.717) is 17.6 Å². The van der Waals surface area contributed by atoms with Gasteiger partial charge in [0.1, 0.15) is 0 Å². The SMILES string of the molecule is Cc1noc(C2CCCN(c3nccnc3OC(C)C)C2)n1. The van der Waals surface area contributed by atoms with Gasteiger partial charge in [-0.3, -0.25) is 0 Å². The Bertz CT molecular complexity index is 628. The zero-order valence-electron chi connectivity index (χ0n) is 13.2. The van der Waals surface area contributed by atoms with E-state index in [-0.39, 0.29) is 12.0 Å². The van der Waals surface area contributed by atoms with E-state index >= 15 is 0 Å². The summed E-state index contributed by atoms with van der Waals surface area (Å²) in [7, 11) is 0. The number of ether oxygens (including phenoxy) is 1. The summed E-state index contributed by atoms with van der Waals surface area (Å²) in [6.07, 6.45) is 5.50.